The number of hydrogen-bond acceptors (Lipinski definition) is 5. The molecule has 21 heavy (non-hydrogen) atoms. The molecule has 0 saturated heterocycles. The Bertz CT molecular complexity index is 648. The minimum absolute atomic E-state index is 0.246. The summed E-state index contributed by atoms with van der Waals surface area (Å²) in [6.07, 6.45) is 1.05. The lowest BCUT2D eigenvalue weighted by Crippen LogP contribution is -2.28. The smallest absolute Gasteiger partial charge is 0.259 e. The maximum Gasteiger partial charge on any atom is 0.259 e. The number of hydrogen-bond donors (Lipinski definition) is 2. The number of nitrogen functional groups attached to an aromatic ring is 1. The average molecular weight is 286 g/mol. The van der Waals surface area contributed by atoms with Crippen molar-refractivity contribution >= 4 is 23.0 Å². The highest BCUT2D eigenvalue weighted by Gasteiger charge is 2.25. The Morgan fingerprint density at radius 3 is 2.90 bits per heavy atom. The first-order valence-corrected chi connectivity index (χ1v) is 7.04. The number of nitrogens with two attached hydrogens (primary N) is 1. The Kier molecular flexibility index (Phi) is 3.51. The lowest BCUT2D eigenvalue weighted by Gasteiger charge is -2.28. The van der Waals surface area contributed by atoms with Gasteiger partial charge in [0.05, 0.1) is 6.54 Å². The number of nitrogens with zero attached hydrogens (tertiary/aromatic N) is 2. The topological polar surface area (TPSA) is 84.2 Å². The lowest BCUT2D eigenvalue weighted by molar-refractivity contribution is -0.118. The van der Waals surface area contributed by atoms with E-state index in [0.717, 1.165) is 16.9 Å². The summed E-state index contributed by atoms with van der Waals surface area (Å²) in [4.78, 5) is 13.6. The van der Waals surface area contributed by atoms with E-state index in [9.17, 15) is 4.79 Å². The maximum atomic E-state index is 11.5. The molecular weight excluding hydrogens is 268 g/mol. The summed E-state index contributed by atoms with van der Waals surface area (Å²) in [7, 11) is 0. The van der Waals surface area contributed by atoms with E-state index in [0.29, 0.717) is 37.7 Å². The molecule has 0 fully saturated rings. The summed E-state index contributed by atoms with van der Waals surface area (Å²) in [6, 6.07) is 7.96. The number of ketones is 1. The van der Waals surface area contributed by atoms with Crippen LogP contribution in [0.4, 0.5) is 17.2 Å². The van der Waals surface area contributed by atoms with Crippen LogP contribution >= 0.6 is 0 Å². The number of aromatic nitrogens is 2. The number of carbonyl (C=O) groups is 1. The molecule has 1 aromatic carbocycles. The van der Waals surface area contributed by atoms with Gasteiger partial charge in [-0.3, -0.25) is 9.89 Å². The minimum atomic E-state index is 0.246. The molecular formula is C15H18N4O2. The van der Waals surface area contributed by atoms with Crippen LogP contribution in [-0.2, 0) is 11.2 Å². The third-order valence-corrected chi connectivity index (χ3v) is 3.60. The van der Waals surface area contributed by atoms with Crippen LogP contribution in [0.15, 0.2) is 24.3 Å². The second-order valence-corrected chi connectivity index (χ2v) is 5.03. The van der Waals surface area contributed by atoms with Gasteiger partial charge in [-0.1, -0.05) is 19.1 Å². The first-order chi connectivity index (χ1) is 10.2. The van der Waals surface area contributed by atoms with Gasteiger partial charge in [-0.2, -0.15) is 0 Å². The fourth-order valence-electron chi connectivity index (χ4n) is 2.44. The molecule has 0 aliphatic carbocycles. The Balaban J connectivity index is 1.85. The summed E-state index contributed by atoms with van der Waals surface area (Å²) in [5, 5.41) is 6.78. The lowest BCUT2D eigenvalue weighted by atomic mass is 10.1. The number of aromatic amines is 1. The molecule has 0 amide bonds. The number of carbonyl (C=O) groups excluding carboxylic acids is 1. The molecule has 0 radical (unpaired) electrons. The van der Waals surface area contributed by atoms with Gasteiger partial charge in [-0.15, -0.1) is 5.10 Å². The Labute approximate surface area is 122 Å². The van der Waals surface area contributed by atoms with Crippen LogP contribution in [0, 0.1) is 0 Å². The van der Waals surface area contributed by atoms with E-state index in [-0.39, 0.29) is 5.78 Å². The largest absolute Gasteiger partial charge is 0.473 e. The first kappa shape index (κ1) is 13.5. The Hall–Kier alpha value is -2.50. The van der Waals surface area contributed by atoms with Crippen LogP contribution in [-0.4, -0.2) is 29.1 Å². The van der Waals surface area contributed by atoms with Crippen molar-refractivity contribution in [3.05, 3.63) is 29.8 Å². The van der Waals surface area contributed by atoms with E-state index >= 15 is 0 Å². The summed E-state index contributed by atoms with van der Waals surface area (Å²) < 4.78 is 5.48. The van der Waals surface area contributed by atoms with Crippen molar-refractivity contribution in [1.29, 1.82) is 0 Å². The van der Waals surface area contributed by atoms with Crippen LogP contribution in [0.5, 0.6) is 5.88 Å². The van der Waals surface area contributed by atoms with E-state index in [1.54, 1.807) is 0 Å². The summed E-state index contributed by atoms with van der Waals surface area (Å²) in [5.74, 6) is 1.27. The molecule has 2 aromatic rings. The molecule has 2 heterocycles. The standard InChI is InChI=1S/C15H18N4O2/c1-2-12(20)9-10-3-5-11(6-4-10)19-7-8-21-15-13(19)14(16)17-18-15/h3-6H,2,7-9H2,1H3,(H3,16,17,18). The molecule has 3 rings (SSSR count). The van der Waals surface area contributed by atoms with Gasteiger partial charge in [0.1, 0.15) is 23.9 Å². The quantitative estimate of drug-likeness (QED) is 0.898. The van der Waals surface area contributed by atoms with Gasteiger partial charge in [0, 0.05) is 18.5 Å². The molecule has 0 bridgehead atoms. The van der Waals surface area contributed by atoms with Crippen molar-refractivity contribution in [2.24, 2.45) is 0 Å². The Morgan fingerprint density at radius 1 is 1.43 bits per heavy atom. The molecule has 0 saturated carbocycles. The van der Waals surface area contributed by atoms with Crippen LogP contribution in [0.3, 0.4) is 0 Å². The maximum absolute atomic E-state index is 11.5. The van der Waals surface area contributed by atoms with Crippen molar-refractivity contribution < 1.29 is 9.53 Å². The van der Waals surface area contributed by atoms with Crippen molar-refractivity contribution in [2.45, 2.75) is 19.8 Å². The second-order valence-electron chi connectivity index (χ2n) is 5.03. The number of H-pyrrole nitrogens is 1. The minimum Gasteiger partial charge on any atom is -0.473 e. The van der Waals surface area contributed by atoms with Gasteiger partial charge in [-0.05, 0) is 17.7 Å². The fourth-order valence-corrected chi connectivity index (χ4v) is 2.44. The molecule has 110 valence electrons. The highest BCUT2D eigenvalue weighted by molar-refractivity contribution is 5.81. The monoisotopic (exact) mass is 286 g/mol. The normalized spacial score (nSPS) is 13.7. The highest BCUT2D eigenvalue weighted by Crippen LogP contribution is 2.39. The SMILES string of the molecule is CCC(=O)Cc1ccc(N2CCOc3n[nH]c(N)c32)cc1. The molecule has 6 nitrogen and oxygen atoms in total. The number of nitrogens with one attached hydrogen (secondary N) is 1. The summed E-state index contributed by atoms with van der Waals surface area (Å²) in [6.45, 7) is 3.16. The van der Waals surface area contributed by atoms with Crippen LogP contribution in [0.1, 0.15) is 18.9 Å². The van der Waals surface area contributed by atoms with Crippen LogP contribution in [0.2, 0.25) is 0 Å². The summed E-state index contributed by atoms with van der Waals surface area (Å²) in [5.41, 5.74) is 8.74. The second kappa shape index (κ2) is 5.47. The van der Waals surface area contributed by atoms with E-state index in [1.807, 2.05) is 31.2 Å². The molecule has 1 aliphatic heterocycles. The summed E-state index contributed by atoms with van der Waals surface area (Å²) >= 11 is 0. The van der Waals surface area contributed by atoms with E-state index in [4.69, 9.17) is 10.5 Å². The number of anilines is 3. The molecule has 0 unspecified atom stereocenters. The van der Waals surface area contributed by atoms with E-state index < -0.39 is 0 Å². The number of benzene rings is 1. The zero-order valence-electron chi connectivity index (χ0n) is 11.9. The number of Topliss-reactive ketones (excluding diaryl/α,β-unsaturated/α-hetero) is 1. The molecule has 3 N–H and O–H groups in total. The average Bonchev–Trinajstić information content (AvgIpc) is 2.90. The predicted octanol–water partition coefficient (Wildman–Crippen LogP) is 2.04. The number of fused-ring (bicyclic) bond motifs is 1. The van der Waals surface area contributed by atoms with Crippen molar-refractivity contribution in [2.75, 3.05) is 23.8 Å². The van der Waals surface area contributed by atoms with Gasteiger partial charge in [0.2, 0.25) is 0 Å². The molecule has 1 aromatic heterocycles. The van der Waals surface area contributed by atoms with Crippen molar-refractivity contribution in [3.8, 4) is 5.88 Å². The third kappa shape index (κ3) is 2.56. The van der Waals surface area contributed by atoms with Crippen molar-refractivity contribution in [3.63, 3.8) is 0 Å². The van der Waals surface area contributed by atoms with Gasteiger partial charge < -0.3 is 15.4 Å². The highest BCUT2D eigenvalue weighted by atomic mass is 16.5. The van der Waals surface area contributed by atoms with Gasteiger partial charge in [-0.25, -0.2) is 0 Å². The molecule has 6 heteroatoms. The predicted molar refractivity (Wildman–Crippen MR) is 80.9 cm³/mol. The van der Waals surface area contributed by atoms with Gasteiger partial charge in [0.25, 0.3) is 5.88 Å². The third-order valence-electron chi connectivity index (χ3n) is 3.60. The molecule has 1 aliphatic rings. The zero-order valence-corrected chi connectivity index (χ0v) is 11.9. The van der Waals surface area contributed by atoms with Gasteiger partial charge in [0.15, 0.2) is 0 Å². The number of rotatable bonds is 4. The van der Waals surface area contributed by atoms with Crippen LogP contribution in [0.25, 0.3) is 0 Å². The molecule has 0 spiro atoms. The number of ether oxygens (including phenoxy) is 1. The first-order valence-electron chi connectivity index (χ1n) is 7.04. The van der Waals surface area contributed by atoms with E-state index in [1.165, 1.54) is 0 Å². The van der Waals surface area contributed by atoms with Crippen molar-refractivity contribution in [1.82, 2.24) is 10.2 Å². The fraction of sp³-hybridized carbons (Fsp3) is 0.333. The molecule has 0 atom stereocenters. The Morgan fingerprint density at radius 2 is 2.19 bits per heavy atom. The van der Waals surface area contributed by atoms with E-state index in [2.05, 4.69) is 15.1 Å². The van der Waals surface area contributed by atoms with Gasteiger partial charge >= 0.3 is 0 Å². The van der Waals surface area contributed by atoms with Crippen LogP contribution < -0.4 is 15.4 Å². The zero-order chi connectivity index (χ0) is 14.8.